The maximum Gasteiger partial charge on any atom is 0.255 e. The summed E-state index contributed by atoms with van der Waals surface area (Å²) in [5.41, 5.74) is 0.709. The summed E-state index contributed by atoms with van der Waals surface area (Å²) < 4.78 is 33.7. The molecule has 2 aromatic carbocycles. The molecule has 1 fully saturated rings. The van der Waals surface area contributed by atoms with Crippen molar-refractivity contribution in [3.63, 3.8) is 0 Å². The Morgan fingerprint density at radius 2 is 1.82 bits per heavy atom. The number of benzene rings is 2. The van der Waals surface area contributed by atoms with Gasteiger partial charge in [0.1, 0.15) is 5.75 Å². The van der Waals surface area contributed by atoms with Gasteiger partial charge in [-0.3, -0.25) is 4.79 Å². The number of amides is 1. The lowest BCUT2D eigenvalue weighted by atomic mass is 10.2. The maximum atomic E-state index is 12.7. The molecule has 0 aromatic heterocycles. The van der Waals surface area contributed by atoms with Crippen molar-refractivity contribution in [3.8, 4) is 5.75 Å². The molecule has 0 aliphatic heterocycles. The second-order valence-corrected chi connectivity index (χ2v) is 8.81. The van der Waals surface area contributed by atoms with Gasteiger partial charge in [-0.1, -0.05) is 24.4 Å². The molecule has 0 saturated heterocycles. The Morgan fingerprint density at radius 3 is 2.46 bits per heavy atom. The highest BCUT2D eigenvalue weighted by atomic mass is 35.5. The van der Waals surface area contributed by atoms with E-state index in [0.717, 1.165) is 25.7 Å². The number of nitrogens with one attached hydrogen (secondary N) is 2. The highest BCUT2D eigenvalue weighted by Gasteiger charge is 2.24. The quantitative estimate of drug-likeness (QED) is 0.699. The Kier molecular flexibility index (Phi) is 6.59. The standard InChI is InChI=1S/C20H23ClN2O4S/c1-2-27-19-12-11-17(28(25,26)23-16-5-3-4-6-16)13-18(19)22-20(24)14-7-9-15(21)10-8-14/h7-13,16,23H,2-6H2,1H3,(H,22,24). The Bertz CT molecular complexity index is 939. The first kappa shape index (κ1) is 20.6. The lowest BCUT2D eigenvalue weighted by Gasteiger charge is -2.16. The summed E-state index contributed by atoms with van der Waals surface area (Å²) >= 11 is 5.86. The van der Waals surface area contributed by atoms with Crippen molar-refractivity contribution < 1.29 is 17.9 Å². The fraction of sp³-hybridized carbons (Fsp3) is 0.350. The zero-order chi connectivity index (χ0) is 20.1. The number of hydrogen-bond donors (Lipinski definition) is 2. The summed E-state index contributed by atoms with van der Waals surface area (Å²) in [5, 5.41) is 3.26. The topological polar surface area (TPSA) is 84.5 Å². The third-order valence-electron chi connectivity index (χ3n) is 4.59. The van der Waals surface area contributed by atoms with Crippen LogP contribution in [0.4, 0.5) is 5.69 Å². The van der Waals surface area contributed by atoms with Gasteiger partial charge in [0.2, 0.25) is 10.0 Å². The molecule has 28 heavy (non-hydrogen) atoms. The molecular weight excluding hydrogens is 400 g/mol. The van der Waals surface area contributed by atoms with Crippen molar-refractivity contribution in [1.82, 2.24) is 4.72 Å². The smallest absolute Gasteiger partial charge is 0.255 e. The first-order valence-electron chi connectivity index (χ1n) is 9.25. The third kappa shape index (κ3) is 5.04. The van der Waals surface area contributed by atoms with E-state index in [1.165, 1.54) is 12.1 Å². The Hall–Kier alpha value is -2.09. The van der Waals surface area contributed by atoms with Crippen molar-refractivity contribution in [3.05, 3.63) is 53.1 Å². The van der Waals surface area contributed by atoms with Gasteiger partial charge in [-0.2, -0.15) is 0 Å². The Labute approximate surface area is 170 Å². The van der Waals surface area contributed by atoms with E-state index in [2.05, 4.69) is 10.0 Å². The molecule has 0 radical (unpaired) electrons. The molecule has 6 nitrogen and oxygen atoms in total. The number of carbonyl (C=O) groups is 1. The second-order valence-electron chi connectivity index (χ2n) is 6.65. The highest BCUT2D eigenvalue weighted by Crippen LogP contribution is 2.29. The average molecular weight is 423 g/mol. The largest absolute Gasteiger partial charge is 0.492 e. The summed E-state index contributed by atoms with van der Waals surface area (Å²) in [6, 6.07) is 10.9. The van der Waals surface area contributed by atoms with Crippen LogP contribution in [0.5, 0.6) is 5.75 Å². The summed E-state index contributed by atoms with van der Waals surface area (Å²) in [7, 11) is -3.68. The van der Waals surface area contributed by atoms with Crippen LogP contribution in [0.15, 0.2) is 47.4 Å². The predicted molar refractivity (Wildman–Crippen MR) is 110 cm³/mol. The molecule has 2 N–H and O–H groups in total. The monoisotopic (exact) mass is 422 g/mol. The minimum Gasteiger partial charge on any atom is -0.492 e. The molecule has 0 heterocycles. The van der Waals surface area contributed by atoms with Gasteiger partial charge in [-0.15, -0.1) is 0 Å². The normalized spacial score (nSPS) is 14.8. The van der Waals surface area contributed by atoms with Crippen molar-refractivity contribution in [1.29, 1.82) is 0 Å². The molecule has 0 atom stereocenters. The summed E-state index contributed by atoms with van der Waals surface area (Å²) in [5.74, 6) is 0.0283. The molecule has 0 unspecified atom stereocenters. The van der Waals surface area contributed by atoms with Crippen LogP contribution in [0.2, 0.25) is 5.02 Å². The molecule has 1 aliphatic rings. The minimum atomic E-state index is -3.68. The van der Waals surface area contributed by atoms with E-state index in [1.54, 1.807) is 30.3 Å². The van der Waals surface area contributed by atoms with Crippen molar-refractivity contribution in [2.45, 2.75) is 43.5 Å². The van der Waals surface area contributed by atoms with E-state index in [4.69, 9.17) is 16.3 Å². The van der Waals surface area contributed by atoms with Crippen LogP contribution in [-0.2, 0) is 10.0 Å². The van der Waals surface area contributed by atoms with Gasteiger partial charge in [0, 0.05) is 16.6 Å². The van der Waals surface area contributed by atoms with Crippen LogP contribution in [0.3, 0.4) is 0 Å². The average Bonchev–Trinajstić information content (AvgIpc) is 3.16. The number of rotatable bonds is 7. The molecule has 150 valence electrons. The van der Waals surface area contributed by atoms with Crippen molar-refractivity contribution in [2.75, 3.05) is 11.9 Å². The van der Waals surface area contributed by atoms with Crippen LogP contribution in [0, 0.1) is 0 Å². The number of sulfonamides is 1. The number of carbonyl (C=O) groups excluding carboxylic acids is 1. The summed E-state index contributed by atoms with van der Waals surface area (Å²) in [4.78, 5) is 12.6. The number of halogens is 1. The van der Waals surface area contributed by atoms with Gasteiger partial charge in [0.05, 0.1) is 17.2 Å². The van der Waals surface area contributed by atoms with Crippen LogP contribution in [0.1, 0.15) is 43.0 Å². The molecule has 2 aromatic rings. The van der Waals surface area contributed by atoms with E-state index in [0.29, 0.717) is 28.6 Å². The SMILES string of the molecule is CCOc1ccc(S(=O)(=O)NC2CCCC2)cc1NC(=O)c1ccc(Cl)cc1. The van der Waals surface area contributed by atoms with E-state index in [1.807, 2.05) is 6.92 Å². The van der Waals surface area contributed by atoms with Crippen molar-refractivity contribution >= 4 is 33.2 Å². The predicted octanol–water partition coefficient (Wildman–Crippen LogP) is 4.21. The van der Waals surface area contributed by atoms with Gasteiger partial charge in [-0.05, 0) is 62.2 Å². The highest BCUT2D eigenvalue weighted by molar-refractivity contribution is 7.89. The molecule has 8 heteroatoms. The van der Waals surface area contributed by atoms with Crippen LogP contribution in [-0.4, -0.2) is 27.0 Å². The van der Waals surface area contributed by atoms with Gasteiger partial charge >= 0.3 is 0 Å². The summed E-state index contributed by atoms with van der Waals surface area (Å²) in [6.07, 6.45) is 3.74. The Morgan fingerprint density at radius 1 is 1.14 bits per heavy atom. The van der Waals surface area contributed by atoms with Crippen molar-refractivity contribution in [2.24, 2.45) is 0 Å². The fourth-order valence-electron chi connectivity index (χ4n) is 3.18. The van der Waals surface area contributed by atoms with Crippen LogP contribution in [0.25, 0.3) is 0 Å². The van der Waals surface area contributed by atoms with E-state index in [-0.39, 0.29) is 16.8 Å². The first-order valence-corrected chi connectivity index (χ1v) is 11.1. The molecule has 1 amide bonds. The molecule has 0 bridgehead atoms. The maximum absolute atomic E-state index is 12.7. The van der Waals surface area contributed by atoms with Gasteiger partial charge < -0.3 is 10.1 Å². The lowest BCUT2D eigenvalue weighted by molar-refractivity contribution is 0.102. The zero-order valence-electron chi connectivity index (χ0n) is 15.6. The molecule has 3 rings (SSSR count). The fourth-order valence-corrected chi connectivity index (χ4v) is 4.64. The number of hydrogen-bond acceptors (Lipinski definition) is 4. The molecule has 1 saturated carbocycles. The zero-order valence-corrected chi connectivity index (χ0v) is 17.1. The van der Waals surface area contributed by atoms with Crippen LogP contribution < -0.4 is 14.8 Å². The molecular formula is C20H23ClN2O4S. The molecule has 1 aliphatic carbocycles. The van der Waals surface area contributed by atoms with Gasteiger partial charge in [-0.25, -0.2) is 13.1 Å². The second kappa shape index (κ2) is 8.94. The lowest BCUT2D eigenvalue weighted by Crippen LogP contribution is -2.32. The summed E-state index contributed by atoms with van der Waals surface area (Å²) in [6.45, 7) is 2.20. The first-order chi connectivity index (χ1) is 13.4. The van der Waals surface area contributed by atoms with E-state index < -0.39 is 10.0 Å². The number of ether oxygens (including phenoxy) is 1. The number of anilines is 1. The van der Waals surface area contributed by atoms with E-state index in [9.17, 15) is 13.2 Å². The van der Waals surface area contributed by atoms with Crippen LogP contribution >= 0.6 is 11.6 Å². The Balaban J connectivity index is 1.86. The molecule has 0 spiro atoms. The van der Waals surface area contributed by atoms with E-state index >= 15 is 0 Å². The van der Waals surface area contributed by atoms with Gasteiger partial charge in [0.25, 0.3) is 5.91 Å². The van der Waals surface area contributed by atoms with Gasteiger partial charge in [0.15, 0.2) is 0 Å². The minimum absolute atomic E-state index is 0.0383. The third-order valence-corrected chi connectivity index (χ3v) is 6.36.